The molecule has 0 aliphatic carbocycles. The van der Waals surface area contributed by atoms with E-state index in [9.17, 15) is 9.59 Å². The summed E-state index contributed by atoms with van der Waals surface area (Å²) in [7, 11) is 1.90. The number of hydrogen-bond donors (Lipinski definition) is 3. The Morgan fingerprint density at radius 2 is 1.59 bits per heavy atom. The number of hydrogen-bond acceptors (Lipinski definition) is 7. The topological polar surface area (TPSA) is 117 Å². The van der Waals surface area contributed by atoms with Gasteiger partial charge in [-0.1, -0.05) is 11.8 Å². The van der Waals surface area contributed by atoms with Crippen LogP contribution < -0.4 is 16.8 Å². The minimum absolute atomic E-state index is 0.170. The van der Waals surface area contributed by atoms with Crippen molar-refractivity contribution in [3.05, 3.63) is 0 Å². The van der Waals surface area contributed by atoms with Crippen LogP contribution in [0.4, 0.5) is 0 Å². The summed E-state index contributed by atoms with van der Waals surface area (Å²) in [6.07, 6.45) is 1.09. The summed E-state index contributed by atoms with van der Waals surface area (Å²) >= 11 is 2.00. The van der Waals surface area contributed by atoms with E-state index in [1.54, 1.807) is 0 Å². The van der Waals surface area contributed by atoms with Gasteiger partial charge in [0.25, 0.3) is 0 Å². The van der Waals surface area contributed by atoms with Crippen LogP contribution in [-0.2, 0) is 19.1 Å². The smallest absolute Gasteiger partial charge is 0.217 e. The molecule has 1 heterocycles. The van der Waals surface area contributed by atoms with Gasteiger partial charge in [-0.05, 0) is 34.7 Å². The van der Waals surface area contributed by atoms with Crippen LogP contribution in [0.1, 0.15) is 40.5 Å². The Morgan fingerprint density at radius 1 is 1.07 bits per heavy atom. The molecule has 0 saturated carbocycles. The van der Waals surface area contributed by atoms with Crippen molar-refractivity contribution >= 4 is 24.0 Å². The summed E-state index contributed by atoms with van der Waals surface area (Å²) in [4.78, 5) is 19.3. The van der Waals surface area contributed by atoms with E-state index in [0.717, 1.165) is 13.2 Å². The third-order valence-corrected chi connectivity index (χ3v) is 5.16. The van der Waals surface area contributed by atoms with E-state index in [-0.39, 0.29) is 23.7 Å². The number of nitrogens with one attached hydrogen (secondary N) is 1. The molecule has 1 rings (SSSR count). The first-order chi connectivity index (χ1) is 13.6. The Balaban J connectivity index is 0. The average molecular weight is 432 g/mol. The van der Waals surface area contributed by atoms with Crippen LogP contribution in [0, 0.1) is 22.7 Å². The zero-order valence-corrected chi connectivity index (χ0v) is 19.7. The molecule has 8 heteroatoms. The van der Waals surface area contributed by atoms with Crippen molar-refractivity contribution in [1.29, 1.82) is 0 Å². The number of ether oxygens (including phenoxy) is 2. The number of amides is 1. The monoisotopic (exact) mass is 431 g/mol. The quantitative estimate of drug-likeness (QED) is 0.257. The van der Waals surface area contributed by atoms with E-state index in [1.807, 2.05) is 18.8 Å². The third kappa shape index (κ3) is 24.9. The van der Waals surface area contributed by atoms with E-state index in [4.69, 9.17) is 15.2 Å². The highest BCUT2D eigenvalue weighted by Gasteiger charge is 2.23. The van der Waals surface area contributed by atoms with Gasteiger partial charge >= 0.3 is 0 Å². The maximum absolute atomic E-state index is 9.82. The van der Waals surface area contributed by atoms with Crippen molar-refractivity contribution in [3.63, 3.8) is 0 Å². The molecule has 7 nitrogen and oxygen atoms in total. The first kappa shape index (κ1) is 30.1. The predicted octanol–water partition coefficient (Wildman–Crippen LogP) is 1.44. The number of thioether (sulfide) groups is 1. The zero-order chi connectivity index (χ0) is 22.6. The normalized spacial score (nSPS) is 15.9. The van der Waals surface area contributed by atoms with Gasteiger partial charge in [-0.3, -0.25) is 4.79 Å². The molecule has 0 atom stereocenters. The van der Waals surface area contributed by atoms with Gasteiger partial charge in [-0.2, -0.15) is 11.8 Å². The maximum Gasteiger partial charge on any atom is 0.217 e. The number of primary amides is 1. The maximum atomic E-state index is 9.82. The summed E-state index contributed by atoms with van der Waals surface area (Å²) < 4.78 is 10.3. The van der Waals surface area contributed by atoms with Crippen LogP contribution in [0.2, 0.25) is 0 Å². The van der Waals surface area contributed by atoms with E-state index < -0.39 is 5.91 Å². The largest absolute Gasteiger partial charge is 0.378 e. The molecule has 0 aromatic heterocycles. The van der Waals surface area contributed by atoms with Crippen molar-refractivity contribution in [2.24, 2.45) is 22.3 Å². The second-order valence-corrected chi connectivity index (χ2v) is 8.78. The lowest BCUT2D eigenvalue weighted by atomic mass is 9.92. The van der Waals surface area contributed by atoms with Crippen molar-refractivity contribution in [3.8, 4) is 11.8 Å². The van der Waals surface area contributed by atoms with Crippen molar-refractivity contribution < 1.29 is 19.1 Å². The van der Waals surface area contributed by atoms with Crippen LogP contribution in [0.15, 0.2) is 0 Å². The predicted molar refractivity (Wildman–Crippen MR) is 122 cm³/mol. The van der Waals surface area contributed by atoms with Gasteiger partial charge in [-0.25, -0.2) is 0 Å². The van der Waals surface area contributed by atoms with Crippen molar-refractivity contribution in [2.45, 2.75) is 40.5 Å². The molecule has 0 unspecified atom stereocenters. The van der Waals surface area contributed by atoms with Crippen LogP contribution >= 0.6 is 11.8 Å². The zero-order valence-electron chi connectivity index (χ0n) is 18.8. The molecule has 0 bridgehead atoms. The van der Waals surface area contributed by atoms with Gasteiger partial charge in [-0.15, -0.1) is 0 Å². The molecule has 5 N–H and O–H groups in total. The molecule has 29 heavy (non-hydrogen) atoms. The van der Waals surface area contributed by atoms with Gasteiger partial charge in [0.05, 0.1) is 26.4 Å². The molecular formula is C21H41N3O4S. The second kappa shape index (κ2) is 18.9. The highest BCUT2D eigenvalue weighted by Crippen LogP contribution is 2.30. The summed E-state index contributed by atoms with van der Waals surface area (Å²) in [6, 6.07) is 0. The molecular weight excluding hydrogens is 390 g/mol. The minimum Gasteiger partial charge on any atom is -0.378 e. The molecule has 1 amide bonds. The van der Waals surface area contributed by atoms with Gasteiger partial charge in [0.2, 0.25) is 5.91 Å². The lowest BCUT2D eigenvalue weighted by Gasteiger charge is -2.15. The number of nitrogens with two attached hydrogens (primary N) is 2. The highest BCUT2D eigenvalue weighted by molar-refractivity contribution is 7.99. The van der Waals surface area contributed by atoms with Gasteiger partial charge < -0.3 is 31.1 Å². The van der Waals surface area contributed by atoms with E-state index >= 15 is 0 Å². The third-order valence-electron chi connectivity index (χ3n) is 3.30. The lowest BCUT2D eigenvalue weighted by molar-refractivity contribution is -0.119. The molecule has 0 radical (unpaired) electrons. The number of rotatable bonds is 11. The summed E-state index contributed by atoms with van der Waals surface area (Å²) in [5, 5.41) is 2.98. The van der Waals surface area contributed by atoms with E-state index in [0.29, 0.717) is 32.7 Å². The fraction of sp³-hybridized carbons (Fsp3) is 0.810. The number of carbonyl (C=O) groups excluding carboxylic acids is 2. The van der Waals surface area contributed by atoms with Crippen molar-refractivity contribution in [2.75, 3.05) is 58.1 Å². The number of aldehydes is 1. The average Bonchev–Trinajstić information content (AvgIpc) is 2.77. The Bertz CT molecular complexity index is 460. The van der Waals surface area contributed by atoms with Crippen LogP contribution in [0.25, 0.3) is 0 Å². The molecule has 1 aliphatic heterocycles. The Morgan fingerprint density at radius 3 is 1.97 bits per heavy atom. The van der Waals surface area contributed by atoms with Gasteiger partial charge in [0.1, 0.15) is 6.29 Å². The standard InChI is InChI=1S/C10H16S.C7H18N2O2.C4H7NO2/c1-9(2)5-6-10(3,4)8-11-7-9;1-9-3-5-11-7-6-10-4-2-8;5-4(7)2-1-3-6/h7-8H2,1-4H3;9H,2-8H2,1H3;3H,1-2H2,(H2,5,7). The van der Waals surface area contributed by atoms with Gasteiger partial charge in [0.15, 0.2) is 0 Å². The molecule has 0 spiro atoms. The van der Waals surface area contributed by atoms with Crippen molar-refractivity contribution in [1.82, 2.24) is 5.32 Å². The fourth-order valence-corrected chi connectivity index (χ4v) is 3.02. The minimum atomic E-state index is -0.424. The molecule has 0 aromatic carbocycles. The lowest BCUT2D eigenvalue weighted by Crippen LogP contribution is -2.17. The van der Waals surface area contributed by atoms with Crippen LogP contribution in [-0.4, -0.2) is 70.3 Å². The Labute approximate surface area is 181 Å². The second-order valence-electron chi connectivity index (χ2n) is 7.80. The number of likely N-dealkylation sites (N-methyl/N-ethyl adjacent to an activating group) is 1. The summed E-state index contributed by atoms with van der Waals surface area (Å²) in [5.41, 5.74) is 10.3. The van der Waals surface area contributed by atoms with Crippen LogP contribution in [0.5, 0.6) is 0 Å². The highest BCUT2D eigenvalue weighted by atomic mass is 32.2. The molecule has 170 valence electrons. The summed E-state index contributed by atoms with van der Waals surface area (Å²) in [5.74, 6) is 8.60. The Kier molecular flexibility index (Phi) is 19.6. The van der Waals surface area contributed by atoms with E-state index in [1.165, 1.54) is 11.5 Å². The first-order valence-corrected chi connectivity index (χ1v) is 11.1. The summed E-state index contributed by atoms with van der Waals surface area (Å²) in [6.45, 7) is 13.0. The molecule has 0 aromatic rings. The van der Waals surface area contributed by atoms with Gasteiger partial charge in [0, 0.05) is 48.3 Å². The molecule has 1 aliphatic rings. The van der Waals surface area contributed by atoms with Crippen LogP contribution in [0.3, 0.4) is 0 Å². The fourth-order valence-electron chi connectivity index (χ4n) is 1.75. The molecule has 0 fully saturated rings. The molecule has 0 saturated heterocycles. The van der Waals surface area contributed by atoms with E-state index in [2.05, 4.69) is 50.6 Å². The SMILES string of the molecule is CC1(C)C#CC(C)(C)CSC1.CNCCOCCOCCN.NC(=O)CCC=O. The number of carbonyl (C=O) groups is 2. The Hall–Kier alpha value is -1.11. The first-order valence-electron chi connectivity index (χ1n) is 9.94.